The first kappa shape index (κ1) is 21.3. The molecule has 2 aromatic rings. The highest BCUT2D eigenvalue weighted by Crippen LogP contribution is 2.23. The first-order chi connectivity index (χ1) is 14.4. The Morgan fingerprint density at radius 2 is 1.57 bits per heavy atom. The average molecular weight is 450 g/mol. The number of nitrogens with zero attached hydrogens (tertiary/aromatic N) is 5. The number of piperazine rings is 1. The maximum absolute atomic E-state index is 12.8. The van der Waals surface area contributed by atoms with Crippen LogP contribution in [0.1, 0.15) is 30.5 Å². The summed E-state index contributed by atoms with van der Waals surface area (Å²) in [5, 5.41) is 0.605. The first-order valence-electron chi connectivity index (χ1n) is 10.5. The highest BCUT2D eigenvalue weighted by atomic mass is 35.5. The molecule has 0 bridgehead atoms. The minimum Gasteiger partial charge on any atom is -0.354 e. The summed E-state index contributed by atoms with van der Waals surface area (Å²) in [6.07, 6.45) is 3.62. The largest absolute Gasteiger partial charge is 0.354 e. The molecule has 0 atom stereocenters. The fraction of sp³-hybridized carbons (Fsp3) is 0.524. The van der Waals surface area contributed by atoms with Gasteiger partial charge in [-0.05, 0) is 43.9 Å². The summed E-state index contributed by atoms with van der Waals surface area (Å²) in [5.41, 5.74) is 1.69. The minimum absolute atomic E-state index is 0.00408. The minimum atomic E-state index is -3.37. The van der Waals surface area contributed by atoms with Crippen LogP contribution in [0.25, 0.3) is 0 Å². The number of halogens is 1. The molecule has 30 heavy (non-hydrogen) atoms. The standard InChI is InChI=1S/C21H28ClN5O2S/c1-17-15-20(24-21(23-17)26-9-3-2-4-10-26)25-11-13-27(14-12-25)30(28,29)16-18-5-7-19(22)8-6-18/h5-8,15H,2-4,9-14,16H2,1H3. The van der Waals surface area contributed by atoms with Crippen LogP contribution in [0.3, 0.4) is 0 Å². The van der Waals surface area contributed by atoms with Crippen molar-refractivity contribution < 1.29 is 8.42 Å². The van der Waals surface area contributed by atoms with Crippen LogP contribution in [-0.4, -0.2) is 62.0 Å². The van der Waals surface area contributed by atoms with Crippen LogP contribution in [0.2, 0.25) is 5.02 Å². The number of aromatic nitrogens is 2. The molecule has 0 amide bonds. The Hall–Kier alpha value is -1.90. The maximum Gasteiger partial charge on any atom is 0.227 e. The quantitative estimate of drug-likeness (QED) is 0.698. The Morgan fingerprint density at radius 3 is 2.23 bits per heavy atom. The zero-order chi connectivity index (χ0) is 21.1. The predicted octanol–water partition coefficient (Wildman–Crippen LogP) is 3.08. The van der Waals surface area contributed by atoms with Crippen LogP contribution in [0.5, 0.6) is 0 Å². The van der Waals surface area contributed by atoms with Gasteiger partial charge in [0.25, 0.3) is 0 Å². The summed E-state index contributed by atoms with van der Waals surface area (Å²) in [6.45, 7) is 6.15. The Kier molecular flexibility index (Phi) is 6.46. The molecule has 2 fully saturated rings. The Bertz CT molecular complexity index is 969. The van der Waals surface area contributed by atoms with Crippen LogP contribution in [0.15, 0.2) is 30.3 Å². The maximum atomic E-state index is 12.8. The number of hydrogen-bond donors (Lipinski definition) is 0. The van der Waals surface area contributed by atoms with Crippen molar-refractivity contribution in [3.8, 4) is 0 Å². The van der Waals surface area contributed by atoms with Crippen molar-refractivity contribution in [2.24, 2.45) is 0 Å². The fourth-order valence-electron chi connectivity index (χ4n) is 4.01. The van der Waals surface area contributed by atoms with Gasteiger partial charge in [-0.1, -0.05) is 23.7 Å². The van der Waals surface area contributed by atoms with Crippen molar-refractivity contribution in [1.82, 2.24) is 14.3 Å². The van der Waals surface area contributed by atoms with E-state index in [1.807, 2.05) is 13.0 Å². The zero-order valence-electron chi connectivity index (χ0n) is 17.3. The fourth-order valence-corrected chi connectivity index (χ4v) is 5.65. The molecule has 162 valence electrons. The Morgan fingerprint density at radius 1 is 0.900 bits per heavy atom. The highest BCUT2D eigenvalue weighted by Gasteiger charge is 2.28. The third-order valence-corrected chi connectivity index (χ3v) is 7.79. The summed E-state index contributed by atoms with van der Waals surface area (Å²) in [7, 11) is -3.37. The number of benzene rings is 1. The van der Waals surface area contributed by atoms with E-state index in [1.54, 1.807) is 28.6 Å². The van der Waals surface area contributed by atoms with E-state index >= 15 is 0 Å². The smallest absolute Gasteiger partial charge is 0.227 e. The zero-order valence-corrected chi connectivity index (χ0v) is 18.9. The molecule has 0 saturated carbocycles. The second-order valence-corrected chi connectivity index (χ2v) is 10.4. The molecule has 2 aliphatic rings. The van der Waals surface area contributed by atoms with Gasteiger partial charge in [-0.15, -0.1) is 0 Å². The predicted molar refractivity (Wildman–Crippen MR) is 121 cm³/mol. The normalized spacial score (nSPS) is 18.6. The molecule has 0 aliphatic carbocycles. The van der Waals surface area contributed by atoms with E-state index in [1.165, 1.54) is 19.3 Å². The number of piperidine rings is 1. The van der Waals surface area contributed by atoms with E-state index in [2.05, 4.69) is 14.8 Å². The van der Waals surface area contributed by atoms with Crippen molar-refractivity contribution in [1.29, 1.82) is 0 Å². The molecule has 0 radical (unpaired) electrons. The first-order valence-corrected chi connectivity index (χ1v) is 12.5. The van der Waals surface area contributed by atoms with Crippen LogP contribution in [0, 0.1) is 6.92 Å². The van der Waals surface area contributed by atoms with Crippen LogP contribution < -0.4 is 9.80 Å². The van der Waals surface area contributed by atoms with Gasteiger partial charge in [0, 0.05) is 56.1 Å². The van der Waals surface area contributed by atoms with Gasteiger partial charge in [0.2, 0.25) is 16.0 Å². The Labute approximate surface area is 183 Å². The van der Waals surface area contributed by atoms with Gasteiger partial charge in [-0.2, -0.15) is 9.29 Å². The summed E-state index contributed by atoms with van der Waals surface area (Å²) in [6, 6.07) is 8.97. The van der Waals surface area contributed by atoms with E-state index in [0.29, 0.717) is 31.2 Å². The average Bonchev–Trinajstić information content (AvgIpc) is 2.75. The number of rotatable bonds is 5. The molecule has 4 rings (SSSR count). The van der Waals surface area contributed by atoms with E-state index in [9.17, 15) is 8.42 Å². The topological polar surface area (TPSA) is 69.6 Å². The summed E-state index contributed by atoms with van der Waals surface area (Å²) in [5.74, 6) is 1.68. The lowest BCUT2D eigenvalue weighted by atomic mass is 10.1. The number of aryl methyl sites for hydroxylation is 1. The van der Waals surface area contributed by atoms with E-state index < -0.39 is 10.0 Å². The number of anilines is 2. The lowest BCUT2D eigenvalue weighted by Gasteiger charge is -2.35. The molecular weight excluding hydrogens is 422 g/mol. The number of hydrogen-bond acceptors (Lipinski definition) is 6. The highest BCUT2D eigenvalue weighted by molar-refractivity contribution is 7.88. The molecule has 1 aromatic heterocycles. The van der Waals surface area contributed by atoms with E-state index in [-0.39, 0.29) is 5.75 Å². The van der Waals surface area contributed by atoms with E-state index in [0.717, 1.165) is 36.1 Å². The second kappa shape index (κ2) is 9.08. The molecule has 0 spiro atoms. The van der Waals surface area contributed by atoms with Crippen molar-refractivity contribution in [3.05, 3.63) is 46.6 Å². The van der Waals surface area contributed by atoms with Gasteiger partial charge in [0.05, 0.1) is 5.75 Å². The molecular formula is C21H28ClN5O2S. The van der Waals surface area contributed by atoms with Gasteiger partial charge in [0.1, 0.15) is 5.82 Å². The summed E-state index contributed by atoms with van der Waals surface area (Å²) < 4.78 is 27.3. The lowest BCUT2D eigenvalue weighted by molar-refractivity contribution is 0.383. The number of sulfonamides is 1. The lowest BCUT2D eigenvalue weighted by Crippen LogP contribution is -2.49. The molecule has 7 nitrogen and oxygen atoms in total. The van der Waals surface area contributed by atoms with Crippen molar-refractivity contribution >= 4 is 33.4 Å². The molecule has 2 aliphatic heterocycles. The Balaban J connectivity index is 1.41. The van der Waals surface area contributed by atoms with Gasteiger partial charge >= 0.3 is 0 Å². The van der Waals surface area contributed by atoms with Crippen LogP contribution in [0.4, 0.5) is 11.8 Å². The third-order valence-electron chi connectivity index (χ3n) is 5.69. The van der Waals surface area contributed by atoms with Crippen LogP contribution in [-0.2, 0) is 15.8 Å². The monoisotopic (exact) mass is 449 g/mol. The van der Waals surface area contributed by atoms with Gasteiger partial charge in [0.15, 0.2) is 0 Å². The molecule has 1 aromatic carbocycles. The van der Waals surface area contributed by atoms with Crippen molar-refractivity contribution in [2.75, 3.05) is 49.1 Å². The molecule has 0 unspecified atom stereocenters. The third kappa shape index (κ3) is 5.04. The van der Waals surface area contributed by atoms with Gasteiger partial charge < -0.3 is 9.80 Å². The van der Waals surface area contributed by atoms with E-state index in [4.69, 9.17) is 16.6 Å². The van der Waals surface area contributed by atoms with Gasteiger partial charge in [-0.25, -0.2) is 13.4 Å². The SMILES string of the molecule is Cc1cc(N2CCN(S(=O)(=O)Cc3ccc(Cl)cc3)CC2)nc(N2CCCCC2)n1. The van der Waals surface area contributed by atoms with Crippen molar-refractivity contribution in [3.63, 3.8) is 0 Å². The summed E-state index contributed by atoms with van der Waals surface area (Å²) in [4.78, 5) is 13.9. The molecule has 2 saturated heterocycles. The molecule has 9 heteroatoms. The molecule has 3 heterocycles. The second-order valence-electron chi connectivity index (χ2n) is 7.98. The summed E-state index contributed by atoms with van der Waals surface area (Å²) >= 11 is 5.90. The van der Waals surface area contributed by atoms with Crippen LogP contribution >= 0.6 is 11.6 Å². The van der Waals surface area contributed by atoms with Gasteiger partial charge in [-0.3, -0.25) is 0 Å². The molecule has 0 N–H and O–H groups in total. The van der Waals surface area contributed by atoms with Crippen molar-refractivity contribution in [2.45, 2.75) is 31.9 Å².